The lowest BCUT2D eigenvalue weighted by Gasteiger charge is -2.22. The third-order valence-electron chi connectivity index (χ3n) is 5.12. The fraction of sp³-hybridized carbons (Fsp3) is 0.500. The Morgan fingerprint density at radius 3 is 2.64 bits per heavy atom. The van der Waals surface area contributed by atoms with Crippen molar-refractivity contribution in [3.8, 4) is 11.4 Å². The summed E-state index contributed by atoms with van der Waals surface area (Å²) in [5, 5.41) is 2.76. The number of nitrogens with zero attached hydrogens (tertiary/aromatic N) is 3. The van der Waals surface area contributed by atoms with Crippen molar-refractivity contribution in [2.45, 2.75) is 45.5 Å². The Kier molecular flexibility index (Phi) is 7.11. The molecule has 1 aromatic heterocycles. The molecule has 1 aliphatic rings. The van der Waals surface area contributed by atoms with Gasteiger partial charge in [-0.25, -0.2) is 19.2 Å². The average Bonchev–Trinajstić information content (AvgIpc) is 3.19. The average molecular weight is 469 g/mol. The number of carbonyl (C=O) groups is 1. The number of alkyl carbamates (subject to hydrolysis) is 1. The molecule has 1 aromatic carbocycles. The Hall–Kier alpha value is -2.95. The molecule has 2 heterocycles. The SMILES string of the molecule is CC(C)(C)OC(=O)NCC1CCN(c2nc(-c3ccc(C(F)(F)F)cc3F)ncc2CN)C1. The molecule has 7 nitrogen and oxygen atoms in total. The van der Waals surface area contributed by atoms with Crippen LogP contribution in [-0.4, -0.2) is 41.3 Å². The number of nitrogens with one attached hydrogen (secondary N) is 1. The second-order valence-corrected chi connectivity index (χ2v) is 8.92. The largest absolute Gasteiger partial charge is 0.444 e. The van der Waals surface area contributed by atoms with Crippen molar-refractivity contribution < 1.29 is 27.1 Å². The van der Waals surface area contributed by atoms with Gasteiger partial charge in [0.25, 0.3) is 0 Å². The summed E-state index contributed by atoms with van der Waals surface area (Å²) in [4.78, 5) is 22.4. The van der Waals surface area contributed by atoms with Crippen molar-refractivity contribution in [2.75, 3.05) is 24.5 Å². The van der Waals surface area contributed by atoms with Gasteiger partial charge in [0.1, 0.15) is 17.2 Å². The van der Waals surface area contributed by atoms with Crippen LogP contribution in [0.15, 0.2) is 24.4 Å². The second kappa shape index (κ2) is 9.50. The normalized spacial score (nSPS) is 16.7. The van der Waals surface area contributed by atoms with E-state index in [4.69, 9.17) is 10.5 Å². The molecule has 1 unspecified atom stereocenters. The van der Waals surface area contributed by atoms with Crippen LogP contribution >= 0.6 is 0 Å². The maximum atomic E-state index is 14.4. The lowest BCUT2D eigenvalue weighted by molar-refractivity contribution is -0.137. The van der Waals surface area contributed by atoms with Gasteiger partial charge in [0.2, 0.25) is 0 Å². The van der Waals surface area contributed by atoms with E-state index in [9.17, 15) is 22.4 Å². The Labute approximate surface area is 189 Å². The summed E-state index contributed by atoms with van der Waals surface area (Å²) >= 11 is 0. The van der Waals surface area contributed by atoms with Crippen LogP contribution in [0.4, 0.5) is 28.2 Å². The number of ether oxygens (including phenoxy) is 1. The second-order valence-electron chi connectivity index (χ2n) is 8.92. The number of alkyl halides is 3. The Balaban J connectivity index is 1.75. The maximum Gasteiger partial charge on any atom is 0.416 e. The number of halogens is 4. The zero-order chi connectivity index (χ0) is 24.4. The third kappa shape index (κ3) is 6.31. The first-order valence-corrected chi connectivity index (χ1v) is 10.5. The van der Waals surface area contributed by atoms with Crippen molar-refractivity contribution in [1.82, 2.24) is 15.3 Å². The van der Waals surface area contributed by atoms with E-state index in [0.29, 0.717) is 37.1 Å². The third-order valence-corrected chi connectivity index (χ3v) is 5.12. The van der Waals surface area contributed by atoms with Crippen molar-refractivity contribution in [3.63, 3.8) is 0 Å². The highest BCUT2D eigenvalue weighted by atomic mass is 19.4. The summed E-state index contributed by atoms with van der Waals surface area (Å²) in [7, 11) is 0. The van der Waals surface area contributed by atoms with E-state index in [1.165, 1.54) is 6.20 Å². The molecule has 0 aliphatic carbocycles. The predicted molar refractivity (Wildman–Crippen MR) is 115 cm³/mol. The Morgan fingerprint density at radius 2 is 2.03 bits per heavy atom. The first-order chi connectivity index (χ1) is 15.4. The van der Waals surface area contributed by atoms with Gasteiger partial charge in [-0.1, -0.05) is 0 Å². The number of hydrogen-bond donors (Lipinski definition) is 2. The number of rotatable bonds is 5. The molecule has 0 radical (unpaired) electrons. The molecule has 0 spiro atoms. The molecule has 33 heavy (non-hydrogen) atoms. The van der Waals surface area contributed by atoms with Gasteiger partial charge in [-0.05, 0) is 51.3 Å². The van der Waals surface area contributed by atoms with Crippen LogP contribution in [0.25, 0.3) is 11.4 Å². The van der Waals surface area contributed by atoms with Crippen LogP contribution in [0.2, 0.25) is 0 Å². The smallest absolute Gasteiger partial charge is 0.416 e. The monoisotopic (exact) mass is 469 g/mol. The van der Waals surface area contributed by atoms with E-state index in [1.807, 2.05) is 4.90 Å². The molecule has 1 aliphatic heterocycles. The number of amides is 1. The maximum absolute atomic E-state index is 14.4. The van der Waals surface area contributed by atoms with Gasteiger partial charge in [0, 0.05) is 37.9 Å². The molecule has 0 bridgehead atoms. The van der Waals surface area contributed by atoms with Gasteiger partial charge in [0.15, 0.2) is 5.82 Å². The highest BCUT2D eigenvalue weighted by Gasteiger charge is 2.32. The Morgan fingerprint density at radius 1 is 1.30 bits per heavy atom. The molecular formula is C22H27F4N5O2. The summed E-state index contributed by atoms with van der Waals surface area (Å²) < 4.78 is 58.2. The van der Waals surface area contributed by atoms with E-state index in [0.717, 1.165) is 18.6 Å². The standard InChI is InChI=1S/C22H27F4N5O2/c1-21(2,3)33-20(32)29-10-13-6-7-31(12-13)19-14(9-27)11-28-18(30-19)16-5-4-15(8-17(16)23)22(24,25)26/h4-5,8,11,13H,6-7,9-10,12,27H2,1-3H3,(H,29,32). The van der Waals surface area contributed by atoms with Crippen LogP contribution in [0, 0.1) is 11.7 Å². The number of aromatic nitrogens is 2. The topological polar surface area (TPSA) is 93.4 Å². The highest BCUT2D eigenvalue weighted by Crippen LogP contribution is 2.33. The fourth-order valence-electron chi connectivity index (χ4n) is 3.55. The lowest BCUT2D eigenvalue weighted by Crippen LogP contribution is -2.36. The summed E-state index contributed by atoms with van der Waals surface area (Å²) in [5.41, 5.74) is 4.65. The molecule has 3 rings (SSSR count). The van der Waals surface area contributed by atoms with E-state index in [2.05, 4.69) is 15.3 Å². The molecule has 1 fully saturated rings. The van der Waals surface area contributed by atoms with E-state index in [-0.39, 0.29) is 23.9 Å². The van der Waals surface area contributed by atoms with Gasteiger partial charge in [-0.2, -0.15) is 13.2 Å². The van der Waals surface area contributed by atoms with Crippen LogP contribution in [0.3, 0.4) is 0 Å². The fourth-order valence-corrected chi connectivity index (χ4v) is 3.55. The minimum absolute atomic E-state index is 0.0243. The molecule has 1 amide bonds. The zero-order valence-corrected chi connectivity index (χ0v) is 18.7. The molecular weight excluding hydrogens is 442 g/mol. The number of hydrogen-bond acceptors (Lipinski definition) is 6. The zero-order valence-electron chi connectivity index (χ0n) is 18.7. The molecule has 1 saturated heterocycles. The molecule has 180 valence electrons. The van der Waals surface area contributed by atoms with Gasteiger partial charge in [0.05, 0.1) is 11.1 Å². The van der Waals surface area contributed by atoms with E-state index in [1.54, 1.807) is 20.8 Å². The van der Waals surface area contributed by atoms with Crippen molar-refractivity contribution in [2.24, 2.45) is 11.7 Å². The number of carbonyl (C=O) groups excluding carboxylic acids is 1. The molecule has 1 atom stereocenters. The van der Waals surface area contributed by atoms with Crippen LogP contribution in [0.1, 0.15) is 38.3 Å². The summed E-state index contributed by atoms with van der Waals surface area (Å²) in [6, 6.07) is 2.26. The van der Waals surface area contributed by atoms with Crippen molar-refractivity contribution in [1.29, 1.82) is 0 Å². The van der Waals surface area contributed by atoms with Crippen molar-refractivity contribution in [3.05, 3.63) is 41.3 Å². The van der Waals surface area contributed by atoms with E-state index < -0.39 is 29.3 Å². The molecule has 11 heteroatoms. The Bertz CT molecular complexity index is 1010. The highest BCUT2D eigenvalue weighted by molar-refractivity contribution is 5.67. The molecule has 2 aromatic rings. The first-order valence-electron chi connectivity index (χ1n) is 10.5. The first kappa shape index (κ1) is 24.7. The summed E-state index contributed by atoms with van der Waals surface area (Å²) in [6.45, 7) is 7.09. The van der Waals surface area contributed by atoms with Crippen LogP contribution in [0.5, 0.6) is 0 Å². The van der Waals surface area contributed by atoms with Crippen molar-refractivity contribution >= 4 is 11.9 Å². The predicted octanol–water partition coefficient (Wildman–Crippen LogP) is 4.11. The molecule has 3 N–H and O–H groups in total. The van der Waals surface area contributed by atoms with Crippen LogP contribution in [-0.2, 0) is 17.5 Å². The number of benzene rings is 1. The van der Waals surface area contributed by atoms with Gasteiger partial charge in [-0.15, -0.1) is 0 Å². The number of nitrogens with two attached hydrogens (primary N) is 1. The summed E-state index contributed by atoms with van der Waals surface area (Å²) in [6.07, 6.45) is -2.91. The van der Waals surface area contributed by atoms with Gasteiger partial charge >= 0.3 is 12.3 Å². The molecule has 0 saturated carbocycles. The number of anilines is 1. The minimum atomic E-state index is -4.65. The minimum Gasteiger partial charge on any atom is -0.444 e. The van der Waals surface area contributed by atoms with Gasteiger partial charge < -0.3 is 20.7 Å². The summed E-state index contributed by atoms with van der Waals surface area (Å²) in [5.74, 6) is -0.452. The van der Waals surface area contributed by atoms with Crippen LogP contribution < -0.4 is 16.0 Å². The van der Waals surface area contributed by atoms with Gasteiger partial charge in [-0.3, -0.25) is 0 Å². The van der Waals surface area contributed by atoms with E-state index >= 15 is 0 Å². The quantitative estimate of drug-likeness (QED) is 0.641. The lowest BCUT2D eigenvalue weighted by atomic mass is 10.1.